The lowest BCUT2D eigenvalue weighted by molar-refractivity contribution is -0.0499. The van der Waals surface area contributed by atoms with Crippen LogP contribution in [0.25, 0.3) is 11.0 Å². The van der Waals surface area contributed by atoms with Gasteiger partial charge >= 0.3 is 6.61 Å². The molecule has 0 saturated heterocycles. The quantitative estimate of drug-likeness (QED) is 0.776. The lowest BCUT2D eigenvalue weighted by atomic mass is 10.4. The van der Waals surface area contributed by atoms with Crippen molar-refractivity contribution in [1.29, 1.82) is 0 Å². The predicted octanol–water partition coefficient (Wildman–Crippen LogP) is 2.16. The van der Waals surface area contributed by atoms with Crippen LogP contribution >= 0.6 is 0 Å². The maximum atomic E-state index is 11.8. The molecule has 1 N–H and O–H groups in total. The second-order valence-electron chi connectivity index (χ2n) is 2.46. The van der Waals surface area contributed by atoms with Crippen LogP contribution < -0.4 is 4.74 Å². The minimum absolute atomic E-state index is 0.0601. The summed E-state index contributed by atoms with van der Waals surface area (Å²) < 4.78 is 27.7. The molecule has 0 amide bonds. The number of aromatic nitrogens is 2. The molecule has 0 aliphatic heterocycles. The molecule has 0 aromatic carbocycles. The Balaban J connectivity index is 2.37. The van der Waals surface area contributed by atoms with Crippen LogP contribution in [0.15, 0.2) is 24.5 Å². The van der Waals surface area contributed by atoms with Gasteiger partial charge in [0, 0.05) is 12.3 Å². The first-order chi connectivity index (χ1) is 6.25. The van der Waals surface area contributed by atoms with Gasteiger partial charge in [-0.2, -0.15) is 8.78 Å². The molecule has 3 nitrogen and oxygen atoms in total. The highest BCUT2D eigenvalue weighted by atomic mass is 19.3. The van der Waals surface area contributed by atoms with Crippen molar-refractivity contribution in [1.82, 2.24) is 9.97 Å². The van der Waals surface area contributed by atoms with Crippen molar-refractivity contribution in [3.63, 3.8) is 0 Å². The molecule has 68 valence electrons. The summed E-state index contributed by atoms with van der Waals surface area (Å²) in [6, 6.07) is 3.23. The molecule has 0 radical (unpaired) electrons. The molecule has 2 heterocycles. The fourth-order valence-corrected chi connectivity index (χ4v) is 1.08. The first kappa shape index (κ1) is 7.97. The minimum Gasteiger partial charge on any atom is -0.433 e. The molecule has 2 rings (SSSR count). The van der Waals surface area contributed by atoms with E-state index < -0.39 is 6.61 Å². The van der Waals surface area contributed by atoms with Crippen LogP contribution in [0.3, 0.4) is 0 Å². The van der Waals surface area contributed by atoms with Gasteiger partial charge in [0.05, 0.1) is 17.2 Å². The number of nitrogens with one attached hydrogen (secondary N) is 1. The van der Waals surface area contributed by atoms with Gasteiger partial charge in [-0.15, -0.1) is 0 Å². The summed E-state index contributed by atoms with van der Waals surface area (Å²) in [5.74, 6) is 0.0601. The van der Waals surface area contributed by atoms with Crippen LogP contribution in [-0.4, -0.2) is 16.6 Å². The number of hydrogen-bond donors (Lipinski definition) is 1. The average Bonchev–Trinajstić information content (AvgIpc) is 2.49. The van der Waals surface area contributed by atoms with E-state index >= 15 is 0 Å². The summed E-state index contributed by atoms with van der Waals surface area (Å²) in [4.78, 5) is 6.75. The molecular formula is C8H6F2N2O. The molecule has 0 aliphatic rings. The van der Waals surface area contributed by atoms with Gasteiger partial charge in [0.15, 0.2) is 0 Å². The largest absolute Gasteiger partial charge is 0.433 e. The number of ether oxygens (including phenoxy) is 1. The number of nitrogens with zero attached hydrogens (tertiary/aromatic N) is 1. The lowest BCUT2D eigenvalue weighted by Crippen LogP contribution is -2.01. The van der Waals surface area contributed by atoms with Gasteiger partial charge < -0.3 is 9.72 Å². The van der Waals surface area contributed by atoms with Crippen LogP contribution in [0, 0.1) is 0 Å². The van der Waals surface area contributed by atoms with Gasteiger partial charge in [0.25, 0.3) is 0 Å². The van der Waals surface area contributed by atoms with E-state index in [-0.39, 0.29) is 5.75 Å². The molecule has 2 aromatic heterocycles. The van der Waals surface area contributed by atoms with Gasteiger partial charge in [-0.05, 0) is 6.07 Å². The van der Waals surface area contributed by atoms with Gasteiger partial charge in [-0.25, -0.2) is 0 Å². The van der Waals surface area contributed by atoms with E-state index in [1.165, 1.54) is 12.3 Å². The van der Waals surface area contributed by atoms with E-state index in [4.69, 9.17) is 0 Å². The molecule has 13 heavy (non-hydrogen) atoms. The molecule has 5 heteroatoms. The highest BCUT2D eigenvalue weighted by Crippen LogP contribution is 2.18. The summed E-state index contributed by atoms with van der Waals surface area (Å²) >= 11 is 0. The normalized spacial score (nSPS) is 11.0. The summed E-state index contributed by atoms with van der Waals surface area (Å²) in [5, 5.41) is 0. The molecule has 0 fully saturated rings. The van der Waals surface area contributed by atoms with Gasteiger partial charge in [-0.3, -0.25) is 4.98 Å². The molecule has 0 spiro atoms. The van der Waals surface area contributed by atoms with Crippen LogP contribution in [-0.2, 0) is 0 Å². The Bertz CT molecular complexity index is 413. The molecule has 0 unspecified atom stereocenters. The van der Waals surface area contributed by atoms with Crippen molar-refractivity contribution in [3.8, 4) is 5.75 Å². The summed E-state index contributed by atoms with van der Waals surface area (Å²) in [6.07, 6.45) is 2.95. The first-order valence-corrected chi connectivity index (χ1v) is 3.63. The molecule has 0 aliphatic carbocycles. The van der Waals surface area contributed by atoms with E-state index in [2.05, 4.69) is 14.7 Å². The Hall–Kier alpha value is -1.65. The number of rotatable bonds is 2. The van der Waals surface area contributed by atoms with Crippen molar-refractivity contribution in [3.05, 3.63) is 24.5 Å². The zero-order chi connectivity index (χ0) is 9.26. The van der Waals surface area contributed by atoms with E-state index in [0.29, 0.717) is 5.52 Å². The van der Waals surface area contributed by atoms with E-state index in [0.717, 1.165) is 5.52 Å². The summed E-state index contributed by atoms with van der Waals surface area (Å²) in [5.41, 5.74) is 1.40. The number of aromatic amines is 1. The van der Waals surface area contributed by atoms with Gasteiger partial charge in [-0.1, -0.05) is 0 Å². The van der Waals surface area contributed by atoms with Crippen LogP contribution in [0.5, 0.6) is 5.75 Å². The summed E-state index contributed by atoms with van der Waals surface area (Å²) in [7, 11) is 0. The smallest absolute Gasteiger partial charge is 0.387 e. The number of halogens is 2. The minimum atomic E-state index is -2.81. The summed E-state index contributed by atoms with van der Waals surface area (Å²) in [6.45, 7) is -2.81. The van der Waals surface area contributed by atoms with Crippen LogP contribution in [0.4, 0.5) is 8.78 Å². The Kier molecular flexibility index (Phi) is 1.84. The third-order valence-electron chi connectivity index (χ3n) is 1.60. The maximum absolute atomic E-state index is 11.8. The molecular weight excluding hydrogens is 178 g/mol. The van der Waals surface area contributed by atoms with E-state index in [1.807, 2.05) is 0 Å². The molecule has 0 atom stereocenters. The highest BCUT2D eigenvalue weighted by Gasteiger charge is 2.05. The first-order valence-electron chi connectivity index (χ1n) is 3.63. The maximum Gasteiger partial charge on any atom is 0.387 e. The number of hydrogen-bond acceptors (Lipinski definition) is 2. The standard InChI is InChI=1S/C8H6F2N2O/c9-8(10)13-5-3-7-6(12-4-5)1-2-11-7/h1-4,8,11H. The zero-order valence-corrected chi connectivity index (χ0v) is 6.50. The number of fused-ring (bicyclic) bond motifs is 1. The fraction of sp³-hybridized carbons (Fsp3) is 0.125. The average molecular weight is 184 g/mol. The third-order valence-corrected chi connectivity index (χ3v) is 1.60. The van der Waals surface area contributed by atoms with Crippen LogP contribution in [0.1, 0.15) is 0 Å². The Morgan fingerprint density at radius 1 is 1.46 bits per heavy atom. The van der Waals surface area contributed by atoms with Crippen molar-refractivity contribution >= 4 is 11.0 Å². The number of alkyl halides is 2. The Labute approximate surface area is 72.4 Å². The van der Waals surface area contributed by atoms with E-state index in [1.54, 1.807) is 12.3 Å². The highest BCUT2D eigenvalue weighted by molar-refractivity contribution is 5.75. The second kappa shape index (κ2) is 3.01. The lowest BCUT2D eigenvalue weighted by Gasteiger charge is -2.02. The van der Waals surface area contributed by atoms with Gasteiger partial charge in [0.1, 0.15) is 5.75 Å². The monoisotopic (exact) mass is 184 g/mol. The molecule has 0 saturated carbocycles. The number of pyridine rings is 1. The Morgan fingerprint density at radius 3 is 3.08 bits per heavy atom. The van der Waals surface area contributed by atoms with Crippen LogP contribution in [0.2, 0.25) is 0 Å². The van der Waals surface area contributed by atoms with Crippen molar-refractivity contribution < 1.29 is 13.5 Å². The zero-order valence-electron chi connectivity index (χ0n) is 6.50. The molecule has 2 aromatic rings. The second-order valence-corrected chi connectivity index (χ2v) is 2.46. The van der Waals surface area contributed by atoms with Crippen molar-refractivity contribution in [2.45, 2.75) is 6.61 Å². The number of H-pyrrole nitrogens is 1. The third kappa shape index (κ3) is 1.58. The van der Waals surface area contributed by atoms with E-state index in [9.17, 15) is 8.78 Å². The SMILES string of the molecule is FC(F)Oc1cnc2cc[nH]c2c1. The van der Waals surface area contributed by atoms with Gasteiger partial charge in [0.2, 0.25) is 0 Å². The fourth-order valence-electron chi connectivity index (χ4n) is 1.08. The predicted molar refractivity (Wildman–Crippen MR) is 42.7 cm³/mol. The van der Waals surface area contributed by atoms with Crippen molar-refractivity contribution in [2.75, 3.05) is 0 Å². The Morgan fingerprint density at radius 2 is 2.31 bits per heavy atom. The topological polar surface area (TPSA) is 37.9 Å². The molecule has 0 bridgehead atoms. The van der Waals surface area contributed by atoms with Crippen molar-refractivity contribution in [2.24, 2.45) is 0 Å².